The number of benzene rings is 1. The second-order valence-electron chi connectivity index (χ2n) is 3.88. The van der Waals surface area contributed by atoms with Crippen LogP contribution in [-0.4, -0.2) is 15.1 Å². The summed E-state index contributed by atoms with van der Waals surface area (Å²) in [5.41, 5.74) is 1.25. The molecule has 3 rings (SSSR count). The van der Waals surface area contributed by atoms with Gasteiger partial charge in [-0.25, -0.2) is 0 Å². The number of aromatic amines is 1. The van der Waals surface area contributed by atoms with E-state index in [9.17, 15) is 4.79 Å². The number of rotatable bonds is 2. The van der Waals surface area contributed by atoms with E-state index in [-0.39, 0.29) is 5.56 Å². The molecule has 3 aromatic rings. The molecule has 0 fully saturated rings. The van der Waals surface area contributed by atoms with Crippen molar-refractivity contribution in [2.45, 2.75) is 0 Å². The summed E-state index contributed by atoms with van der Waals surface area (Å²) in [6, 6.07) is 10.2. The second-order valence-corrected chi connectivity index (χ2v) is 4.31. The van der Waals surface area contributed by atoms with E-state index in [0.29, 0.717) is 22.3 Å². The number of hydrogen-bond acceptors (Lipinski definition) is 4. The van der Waals surface area contributed by atoms with Crippen LogP contribution in [0.25, 0.3) is 22.8 Å². The monoisotopic (exact) mass is 273 g/mol. The Kier molecular flexibility index (Phi) is 2.89. The van der Waals surface area contributed by atoms with Gasteiger partial charge < -0.3 is 9.51 Å². The highest BCUT2D eigenvalue weighted by Gasteiger charge is 2.10. The third-order valence-corrected chi connectivity index (χ3v) is 2.78. The van der Waals surface area contributed by atoms with E-state index in [1.54, 1.807) is 18.2 Å². The molecule has 0 saturated carbocycles. The van der Waals surface area contributed by atoms with Gasteiger partial charge in [-0.2, -0.15) is 4.98 Å². The molecule has 0 atom stereocenters. The maximum absolute atomic E-state index is 11.0. The van der Waals surface area contributed by atoms with Crippen LogP contribution in [0.4, 0.5) is 0 Å². The average molecular weight is 274 g/mol. The molecule has 2 heterocycles. The Bertz CT molecular complexity index is 759. The Labute approximate surface area is 112 Å². The zero-order valence-electron chi connectivity index (χ0n) is 9.63. The summed E-state index contributed by atoms with van der Waals surface area (Å²) >= 11 is 5.91. The molecule has 0 saturated heterocycles. The van der Waals surface area contributed by atoms with Gasteiger partial charge in [0.2, 0.25) is 11.4 Å². The van der Waals surface area contributed by atoms with Crippen LogP contribution in [0.5, 0.6) is 0 Å². The number of aromatic nitrogens is 3. The lowest BCUT2D eigenvalue weighted by Gasteiger charge is -1.94. The second kappa shape index (κ2) is 4.70. The molecule has 6 heteroatoms. The van der Waals surface area contributed by atoms with E-state index >= 15 is 0 Å². The maximum atomic E-state index is 11.0. The maximum Gasteiger partial charge on any atom is 0.258 e. The van der Waals surface area contributed by atoms with E-state index in [2.05, 4.69) is 15.1 Å². The zero-order chi connectivity index (χ0) is 13.2. The normalized spacial score (nSPS) is 10.6. The molecule has 0 bridgehead atoms. The van der Waals surface area contributed by atoms with Gasteiger partial charge in [-0.3, -0.25) is 4.79 Å². The standard InChI is InChI=1S/C13H8ClN3O2/c14-10-3-1-2-8(6-10)13-16-12(17-19-13)9-4-5-11(18)15-7-9/h1-7H,(H,15,18). The highest BCUT2D eigenvalue weighted by molar-refractivity contribution is 6.30. The Morgan fingerprint density at radius 1 is 1.16 bits per heavy atom. The van der Waals surface area contributed by atoms with E-state index in [1.807, 2.05) is 12.1 Å². The van der Waals surface area contributed by atoms with Crippen molar-refractivity contribution < 1.29 is 4.52 Å². The molecule has 94 valence electrons. The summed E-state index contributed by atoms with van der Waals surface area (Å²) in [6.07, 6.45) is 1.54. The van der Waals surface area contributed by atoms with E-state index < -0.39 is 0 Å². The van der Waals surface area contributed by atoms with Crippen LogP contribution >= 0.6 is 11.6 Å². The van der Waals surface area contributed by atoms with Crippen molar-refractivity contribution in [1.82, 2.24) is 15.1 Å². The van der Waals surface area contributed by atoms with Crippen LogP contribution in [-0.2, 0) is 0 Å². The molecule has 1 N–H and O–H groups in total. The molecule has 0 unspecified atom stereocenters. The van der Waals surface area contributed by atoms with Crippen LogP contribution in [0.2, 0.25) is 5.02 Å². The van der Waals surface area contributed by atoms with Gasteiger partial charge in [0.1, 0.15) is 0 Å². The van der Waals surface area contributed by atoms with Gasteiger partial charge in [0.25, 0.3) is 5.89 Å². The van der Waals surface area contributed by atoms with Crippen LogP contribution in [0.1, 0.15) is 0 Å². The molecule has 0 spiro atoms. The summed E-state index contributed by atoms with van der Waals surface area (Å²) in [5.74, 6) is 0.787. The van der Waals surface area contributed by atoms with E-state index in [4.69, 9.17) is 16.1 Å². The fourth-order valence-corrected chi connectivity index (χ4v) is 1.82. The SMILES string of the molecule is O=c1ccc(-c2noc(-c3cccc(Cl)c3)n2)c[nH]1. The number of pyridine rings is 1. The molecule has 2 aromatic heterocycles. The number of halogens is 1. The Morgan fingerprint density at radius 3 is 2.79 bits per heavy atom. The molecule has 0 aliphatic rings. The first-order chi connectivity index (χ1) is 9.22. The fraction of sp³-hybridized carbons (Fsp3) is 0. The third kappa shape index (κ3) is 2.41. The van der Waals surface area contributed by atoms with Crippen molar-refractivity contribution in [2.24, 2.45) is 0 Å². The van der Waals surface area contributed by atoms with Crippen LogP contribution in [0, 0.1) is 0 Å². The molecule has 5 nitrogen and oxygen atoms in total. The van der Waals surface area contributed by atoms with Gasteiger partial charge >= 0.3 is 0 Å². The lowest BCUT2D eigenvalue weighted by Crippen LogP contribution is -2.01. The van der Waals surface area contributed by atoms with Crippen molar-refractivity contribution in [2.75, 3.05) is 0 Å². The minimum absolute atomic E-state index is 0.178. The molecule has 0 aliphatic carbocycles. The van der Waals surface area contributed by atoms with Gasteiger partial charge in [0.05, 0.1) is 0 Å². The number of nitrogens with zero attached hydrogens (tertiary/aromatic N) is 2. The number of hydrogen-bond donors (Lipinski definition) is 1. The average Bonchev–Trinajstić information content (AvgIpc) is 2.89. The van der Waals surface area contributed by atoms with Gasteiger partial charge in [0, 0.05) is 28.4 Å². The Balaban J connectivity index is 1.99. The molecule has 19 heavy (non-hydrogen) atoms. The molecular formula is C13H8ClN3O2. The summed E-state index contributed by atoms with van der Waals surface area (Å²) in [4.78, 5) is 17.8. The van der Waals surface area contributed by atoms with Gasteiger partial charge in [0.15, 0.2) is 0 Å². The van der Waals surface area contributed by atoms with Crippen molar-refractivity contribution in [3.05, 3.63) is 58.0 Å². The predicted molar refractivity (Wildman–Crippen MR) is 70.8 cm³/mol. The highest BCUT2D eigenvalue weighted by Crippen LogP contribution is 2.23. The van der Waals surface area contributed by atoms with E-state index in [0.717, 1.165) is 5.56 Å². The molecular weight excluding hydrogens is 266 g/mol. The van der Waals surface area contributed by atoms with Gasteiger partial charge in [-0.15, -0.1) is 0 Å². The van der Waals surface area contributed by atoms with Crippen LogP contribution in [0.3, 0.4) is 0 Å². The smallest absolute Gasteiger partial charge is 0.258 e. The summed E-state index contributed by atoms with van der Waals surface area (Å²) < 4.78 is 5.18. The molecule has 0 amide bonds. The van der Waals surface area contributed by atoms with Crippen molar-refractivity contribution in [1.29, 1.82) is 0 Å². The fourth-order valence-electron chi connectivity index (χ4n) is 1.63. The van der Waals surface area contributed by atoms with Crippen LogP contribution < -0.4 is 5.56 Å². The van der Waals surface area contributed by atoms with Crippen molar-refractivity contribution in [3.63, 3.8) is 0 Å². The lowest BCUT2D eigenvalue weighted by atomic mass is 10.2. The van der Waals surface area contributed by atoms with Gasteiger partial charge in [-0.05, 0) is 24.3 Å². The van der Waals surface area contributed by atoms with Crippen LogP contribution in [0.15, 0.2) is 51.9 Å². The third-order valence-electron chi connectivity index (χ3n) is 2.54. The Morgan fingerprint density at radius 2 is 2.05 bits per heavy atom. The highest BCUT2D eigenvalue weighted by atomic mass is 35.5. The van der Waals surface area contributed by atoms with Crippen molar-refractivity contribution in [3.8, 4) is 22.8 Å². The Hall–Kier alpha value is -2.40. The lowest BCUT2D eigenvalue weighted by molar-refractivity contribution is 0.432. The number of H-pyrrole nitrogens is 1. The zero-order valence-corrected chi connectivity index (χ0v) is 10.4. The quantitative estimate of drug-likeness (QED) is 0.779. The van der Waals surface area contributed by atoms with E-state index in [1.165, 1.54) is 12.3 Å². The predicted octanol–water partition coefficient (Wildman–Crippen LogP) is 2.75. The van der Waals surface area contributed by atoms with Gasteiger partial charge in [-0.1, -0.05) is 22.8 Å². The topological polar surface area (TPSA) is 71.8 Å². The minimum Gasteiger partial charge on any atom is -0.334 e. The molecule has 1 aromatic carbocycles. The summed E-state index contributed by atoms with van der Waals surface area (Å²) in [7, 11) is 0. The molecule has 0 aliphatic heterocycles. The van der Waals surface area contributed by atoms with Crippen molar-refractivity contribution >= 4 is 11.6 Å². The molecule has 0 radical (unpaired) electrons. The first kappa shape index (κ1) is 11.7. The minimum atomic E-state index is -0.178. The summed E-state index contributed by atoms with van der Waals surface area (Å²) in [6.45, 7) is 0. The number of nitrogens with one attached hydrogen (secondary N) is 1. The summed E-state index contributed by atoms with van der Waals surface area (Å²) in [5, 5.41) is 4.47. The largest absolute Gasteiger partial charge is 0.334 e. The first-order valence-corrected chi connectivity index (χ1v) is 5.89. The first-order valence-electron chi connectivity index (χ1n) is 5.51.